The fourth-order valence-corrected chi connectivity index (χ4v) is 3.84. The van der Waals surface area contributed by atoms with Crippen LogP contribution in [0.15, 0.2) is 131 Å². The molecule has 0 saturated carbocycles. The summed E-state index contributed by atoms with van der Waals surface area (Å²) in [7, 11) is 3.53. The zero-order valence-corrected chi connectivity index (χ0v) is 30.3. The van der Waals surface area contributed by atoms with Crippen molar-refractivity contribution in [3.05, 3.63) is 131 Å². The van der Waals surface area contributed by atoms with Gasteiger partial charge in [0.1, 0.15) is 0 Å². The van der Waals surface area contributed by atoms with Crippen LogP contribution in [0.4, 0.5) is 0 Å². The van der Waals surface area contributed by atoms with E-state index < -0.39 is 0 Å². The first-order valence-corrected chi connectivity index (χ1v) is 16.2. The first-order valence-electron chi connectivity index (χ1n) is 16.2. The van der Waals surface area contributed by atoms with Crippen molar-refractivity contribution in [3.63, 3.8) is 0 Å². The van der Waals surface area contributed by atoms with Crippen LogP contribution in [0, 0.1) is 0 Å². The van der Waals surface area contributed by atoms with E-state index in [1.165, 1.54) is 33.4 Å². The Balaban J connectivity index is 4.58. The lowest BCUT2D eigenvalue weighted by Gasteiger charge is -2.20. The van der Waals surface area contributed by atoms with Crippen LogP contribution in [-0.2, 0) is 9.47 Å². The van der Waals surface area contributed by atoms with Gasteiger partial charge in [-0.05, 0) is 108 Å². The van der Waals surface area contributed by atoms with Gasteiger partial charge in [0, 0.05) is 14.2 Å². The molecule has 0 fully saturated rings. The molecule has 0 aromatic rings. The zero-order chi connectivity index (χ0) is 33.4. The fraction of sp³-hybridized carbons (Fsp3) is 0.476. The number of hydrogen-bond donors (Lipinski definition) is 0. The minimum atomic E-state index is -0.114. The summed E-state index contributed by atoms with van der Waals surface area (Å²) in [5, 5.41) is 0. The van der Waals surface area contributed by atoms with Crippen LogP contribution in [0.5, 0.6) is 0 Å². The van der Waals surface area contributed by atoms with Gasteiger partial charge in [-0.25, -0.2) is 0 Å². The monoisotopic (exact) mass is 600 g/mol. The highest BCUT2D eigenvalue weighted by molar-refractivity contribution is 5.28. The van der Waals surface area contributed by atoms with E-state index in [-0.39, 0.29) is 11.2 Å². The van der Waals surface area contributed by atoms with Crippen molar-refractivity contribution in [1.29, 1.82) is 0 Å². The minimum Gasteiger partial charge on any atom is -0.378 e. The van der Waals surface area contributed by atoms with Gasteiger partial charge in [-0.1, -0.05) is 131 Å². The Hall–Kier alpha value is -2.94. The van der Waals surface area contributed by atoms with E-state index in [2.05, 4.69) is 166 Å². The summed E-state index contributed by atoms with van der Waals surface area (Å²) in [6.45, 7) is 21.4. The van der Waals surface area contributed by atoms with Crippen molar-refractivity contribution in [1.82, 2.24) is 0 Å². The summed E-state index contributed by atoms with van der Waals surface area (Å²) < 4.78 is 10.9. The number of allylic oxidation sites excluding steroid dienone is 20. The van der Waals surface area contributed by atoms with Gasteiger partial charge in [-0.2, -0.15) is 0 Å². The average molecular weight is 601 g/mol. The van der Waals surface area contributed by atoms with Gasteiger partial charge in [0.25, 0.3) is 0 Å². The van der Waals surface area contributed by atoms with E-state index >= 15 is 0 Å². The highest BCUT2D eigenvalue weighted by Gasteiger charge is 2.13. The molecule has 0 aromatic heterocycles. The second-order valence-corrected chi connectivity index (χ2v) is 13.1. The predicted molar refractivity (Wildman–Crippen MR) is 198 cm³/mol. The SMILES string of the molecule is COC(C)(C)C/C=C/C(C)=C/C=C/C(C)=C/CC/C(C)=C/C=C/C=C(C)/C=C/C=C(\C)CC/C=C(C)/C=C/CC(C)(C)OC. The van der Waals surface area contributed by atoms with E-state index in [9.17, 15) is 0 Å². The first-order chi connectivity index (χ1) is 20.7. The average Bonchev–Trinajstić information content (AvgIpc) is 2.95. The minimum absolute atomic E-state index is 0.103. The van der Waals surface area contributed by atoms with Crippen molar-refractivity contribution >= 4 is 0 Å². The van der Waals surface area contributed by atoms with Gasteiger partial charge in [0.15, 0.2) is 0 Å². The van der Waals surface area contributed by atoms with Gasteiger partial charge in [0.05, 0.1) is 11.2 Å². The van der Waals surface area contributed by atoms with Crippen LogP contribution >= 0.6 is 0 Å². The molecule has 0 unspecified atom stereocenters. The Morgan fingerprint density at radius 1 is 0.477 bits per heavy atom. The topological polar surface area (TPSA) is 18.5 Å². The van der Waals surface area contributed by atoms with Crippen LogP contribution in [0.3, 0.4) is 0 Å². The van der Waals surface area contributed by atoms with Gasteiger partial charge >= 0.3 is 0 Å². The molecule has 0 saturated heterocycles. The number of hydrogen-bond acceptors (Lipinski definition) is 2. The third kappa shape index (κ3) is 24.5. The summed E-state index contributed by atoms with van der Waals surface area (Å²) in [5.41, 5.74) is 7.62. The molecule has 0 radical (unpaired) electrons. The van der Waals surface area contributed by atoms with Gasteiger partial charge in [0.2, 0.25) is 0 Å². The van der Waals surface area contributed by atoms with E-state index in [1.54, 1.807) is 14.2 Å². The molecule has 0 aliphatic rings. The molecular formula is C42H64O2. The first kappa shape index (κ1) is 41.1. The smallest absolute Gasteiger partial charge is 0.0657 e. The molecule has 244 valence electrons. The number of rotatable bonds is 20. The van der Waals surface area contributed by atoms with E-state index in [0.29, 0.717) is 0 Å². The maximum atomic E-state index is 5.47. The van der Waals surface area contributed by atoms with Crippen molar-refractivity contribution in [2.45, 2.75) is 119 Å². The lowest BCUT2D eigenvalue weighted by molar-refractivity contribution is 0.0252. The second kappa shape index (κ2) is 23.4. The Morgan fingerprint density at radius 3 is 1.36 bits per heavy atom. The third-order valence-corrected chi connectivity index (χ3v) is 7.40. The lowest BCUT2D eigenvalue weighted by atomic mass is 10.0. The highest BCUT2D eigenvalue weighted by atomic mass is 16.5. The lowest BCUT2D eigenvalue weighted by Crippen LogP contribution is -2.20. The number of methoxy groups -OCH3 is 2. The van der Waals surface area contributed by atoms with Crippen LogP contribution in [0.2, 0.25) is 0 Å². The maximum Gasteiger partial charge on any atom is 0.0657 e. The maximum absolute atomic E-state index is 5.47. The van der Waals surface area contributed by atoms with Crippen molar-refractivity contribution in [3.8, 4) is 0 Å². The van der Waals surface area contributed by atoms with Gasteiger partial charge < -0.3 is 9.47 Å². The largest absolute Gasteiger partial charge is 0.378 e. The molecule has 0 bridgehead atoms. The Bertz CT molecular complexity index is 1160. The molecule has 0 aliphatic carbocycles. The van der Waals surface area contributed by atoms with E-state index in [4.69, 9.17) is 9.47 Å². The summed E-state index contributed by atoms with van der Waals surface area (Å²) in [6, 6.07) is 0. The van der Waals surface area contributed by atoms with Crippen LogP contribution in [0.1, 0.15) is 108 Å². The third-order valence-electron chi connectivity index (χ3n) is 7.40. The quantitative estimate of drug-likeness (QED) is 0.129. The summed E-state index contributed by atoms with van der Waals surface area (Å²) in [5.74, 6) is 0. The highest BCUT2D eigenvalue weighted by Crippen LogP contribution is 2.16. The standard InChI is InChI=1S/C42H64O2/c1-35(23-15-25-37(3)27-17-29-39(5)31-19-33-41(7,8)43-11)21-13-14-22-36(2)24-16-26-38(4)28-18-30-40(6)32-20-34-42(9,10)44-12/h13-15,18-23,25-26,28-32H,16-17,24,27,33-34H2,1-12H3/b14-13+,23-15+,28-18+,31-19+,32-20+,35-21+,36-22+,37-25+,38-26+,39-29+,40-30+. The molecule has 0 atom stereocenters. The fourth-order valence-electron chi connectivity index (χ4n) is 3.84. The normalized spacial score (nSPS) is 15.9. The predicted octanol–water partition coefficient (Wildman–Crippen LogP) is 12.6. The molecule has 0 heterocycles. The van der Waals surface area contributed by atoms with Crippen LogP contribution < -0.4 is 0 Å². The zero-order valence-electron chi connectivity index (χ0n) is 30.3. The van der Waals surface area contributed by atoms with Crippen molar-refractivity contribution in [2.75, 3.05) is 14.2 Å². The Morgan fingerprint density at radius 2 is 0.841 bits per heavy atom. The van der Waals surface area contributed by atoms with Crippen LogP contribution in [-0.4, -0.2) is 25.4 Å². The van der Waals surface area contributed by atoms with Gasteiger partial charge in [-0.15, -0.1) is 0 Å². The second-order valence-electron chi connectivity index (χ2n) is 13.1. The van der Waals surface area contributed by atoms with Crippen molar-refractivity contribution < 1.29 is 9.47 Å². The Labute approximate surface area is 272 Å². The van der Waals surface area contributed by atoms with E-state index in [0.717, 1.165) is 38.5 Å². The molecule has 44 heavy (non-hydrogen) atoms. The molecular weight excluding hydrogens is 536 g/mol. The molecule has 2 heteroatoms. The number of ether oxygens (including phenoxy) is 2. The Kier molecular flexibility index (Phi) is 21.9. The molecule has 0 N–H and O–H groups in total. The van der Waals surface area contributed by atoms with Crippen molar-refractivity contribution in [2.24, 2.45) is 0 Å². The molecule has 0 aliphatic heterocycles. The summed E-state index contributed by atoms with van der Waals surface area (Å²) >= 11 is 0. The molecule has 0 aromatic carbocycles. The molecule has 2 nitrogen and oxygen atoms in total. The molecule has 0 rings (SSSR count). The van der Waals surface area contributed by atoms with E-state index in [1.807, 2.05) is 0 Å². The summed E-state index contributed by atoms with van der Waals surface area (Å²) in [6.07, 6.45) is 41.0. The van der Waals surface area contributed by atoms with Gasteiger partial charge in [-0.3, -0.25) is 0 Å². The molecule has 0 spiro atoms. The molecule has 0 amide bonds. The van der Waals surface area contributed by atoms with Crippen LogP contribution in [0.25, 0.3) is 0 Å². The summed E-state index contributed by atoms with van der Waals surface area (Å²) in [4.78, 5) is 0.